The molecule has 7 atom stereocenters. The van der Waals surface area contributed by atoms with Gasteiger partial charge in [-0.2, -0.15) is 0 Å². The molecular formula is C36H56N6O8. The Hall–Kier alpha value is -4.20. The molecule has 0 saturated carbocycles. The van der Waals surface area contributed by atoms with E-state index in [0.717, 1.165) is 0 Å². The molecule has 7 N–H and O–H groups in total. The monoisotopic (exact) mass is 700 g/mol. The summed E-state index contributed by atoms with van der Waals surface area (Å²) in [5.74, 6) is -3.83. The third-order valence-electron chi connectivity index (χ3n) is 8.91. The smallest absolute Gasteiger partial charge is 0.245 e. The summed E-state index contributed by atoms with van der Waals surface area (Å²) in [5, 5.41) is 34.1. The van der Waals surface area contributed by atoms with Gasteiger partial charge in [-0.05, 0) is 74.5 Å². The van der Waals surface area contributed by atoms with Gasteiger partial charge in [-0.15, -0.1) is 0 Å². The van der Waals surface area contributed by atoms with Crippen molar-refractivity contribution in [2.45, 2.75) is 129 Å². The van der Waals surface area contributed by atoms with Gasteiger partial charge in [0.1, 0.15) is 42.0 Å². The predicted octanol–water partition coefficient (Wildman–Crippen LogP) is 0.882. The first kappa shape index (κ1) is 40.2. The fourth-order valence-corrected chi connectivity index (χ4v) is 6.41. The zero-order valence-electron chi connectivity index (χ0n) is 30.3. The molecule has 0 spiro atoms. The topological polar surface area (TPSA) is 206 Å². The van der Waals surface area contributed by atoms with Gasteiger partial charge in [0.25, 0.3) is 0 Å². The van der Waals surface area contributed by atoms with Crippen LogP contribution in [-0.2, 0) is 35.2 Å². The van der Waals surface area contributed by atoms with Crippen molar-refractivity contribution < 1.29 is 39.0 Å². The van der Waals surface area contributed by atoms with Gasteiger partial charge in [0.05, 0.1) is 6.10 Å². The highest BCUT2D eigenvalue weighted by molar-refractivity contribution is 5.98. The second-order valence-corrected chi connectivity index (χ2v) is 14.9. The number of carbonyl (C=O) groups excluding carboxylic acids is 6. The summed E-state index contributed by atoms with van der Waals surface area (Å²) in [6.45, 7) is 12.9. The molecule has 1 aromatic carbocycles. The van der Waals surface area contributed by atoms with E-state index in [1.165, 1.54) is 24.0 Å². The van der Waals surface area contributed by atoms with Crippen LogP contribution in [0.25, 0.3) is 0 Å². The molecule has 2 aliphatic rings. The number of nitrogens with zero attached hydrogens (tertiary/aromatic N) is 1. The van der Waals surface area contributed by atoms with Crippen molar-refractivity contribution in [2.24, 2.45) is 17.8 Å². The van der Waals surface area contributed by atoms with Gasteiger partial charge < -0.3 is 41.7 Å². The number of rotatable bonds is 9. The summed E-state index contributed by atoms with van der Waals surface area (Å²) in [6.07, 6.45) is 0.164. The third-order valence-corrected chi connectivity index (χ3v) is 8.91. The lowest BCUT2D eigenvalue weighted by Gasteiger charge is -2.32. The number of fused-ring (bicyclic) bond motifs is 1. The minimum absolute atomic E-state index is 0.000935. The fourth-order valence-electron chi connectivity index (χ4n) is 6.41. The predicted molar refractivity (Wildman–Crippen MR) is 186 cm³/mol. The van der Waals surface area contributed by atoms with Crippen LogP contribution >= 0.6 is 0 Å². The van der Waals surface area contributed by atoms with Gasteiger partial charge in [-0.25, -0.2) is 0 Å². The molecule has 14 heteroatoms. The van der Waals surface area contributed by atoms with Crippen molar-refractivity contribution in [1.29, 1.82) is 0 Å². The van der Waals surface area contributed by atoms with Crippen LogP contribution in [0.15, 0.2) is 24.3 Å². The van der Waals surface area contributed by atoms with Crippen molar-refractivity contribution in [3.05, 3.63) is 29.8 Å². The van der Waals surface area contributed by atoms with E-state index in [9.17, 15) is 39.0 Å². The van der Waals surface area contributed by atoms with E-state index in [1.807, 2.05) is 41.5 Å². The zero-order valence-corrected chi connectivity index (χ0v) is 30.3. The summed E-state index contributed by atoms with van der Waals surface area (Å²) < 4.78 is 0. The average molecular weight is 701 g/mol. The molecule has 0 radical (unpaired) electrons. The van der Waals surface area contributed by atoms with Crippen molar-refractivity contribution in [1.82, 2.24) is 31.5 Å². The molecule has 6 amide bonds. The maximum atomic E-state index is 14.1. The number of phenolic OH excluding ortho intramolecular Hbond substituents is 1. The summed E-state index contributed by atoms with van der Waals surface area (Å²) in [7, 11) is 0. The van der Waals surface area contributed by atoms with E-state index >= 15 is 0 Å². The molecular weight excluding hydrogens is 644 g/mol. The minimum Gasteiger partial charge on any atom is -0.508 e. The van der Waals surface area contributed by atoms with Crippen molar-refractivity contribution in [3.63, 3.8) is 0 Å². The fraction of sp³-hybridized carbons (Fsp3) is 0.667. The number of aliphatic hydroxyl groups is 1. The van der Waals surface area contributed by atoms with E-state index in [4.69, 9.17) is 0 Å². The van der Waals surface area contributed by atoms with Crippen LogP contribution in [-0.4, -0.2) is 99.5 Å². The Kier molecular flexibility index (Phi) is 14.6. The molecule has 2 heterocycles. The van der Waals surface area contributed by atoms with Gasteiger partial charge in [-0.1, -0.05) is 53.7 Å². The van der Waals surface area contributed by atoms with E-state index in [1.54, 1.807) is 12.1 Å². The first-order valence-electron chi connectivity index (χ1n) is 17.7. The van der Waals surface area contributed by atoms with Crippen LogP contribution < -0.4 is 26.6 Å². The maximum Gasteiger partial charge on any atom is 0.245 e. The first-order chi connectivity index (χ1) is 23.5. The molecule has 2 fully saturated rings. The quantitative estimate of drug-likeness (QED) is 0.196. The summed E-state index contributed by atoms with van der Waals surface area (Å²) in [5.41, 5.74) is 0.590. The number of benzene rings is 1. The molecule has 278 valence electrons. The standard InChI is InChI=1S/C36H56N6O8/c1-19(2)15-25-32(46)40-28(17-21(5)6)36(50)42-14-8-9-29(42)34(48)38-27(18-23-10-12-24(44)13-11-23)33(47)41-30(22(7)43)35(49)39-26(16-20(3)4)31(45)37-25/h10-13,19-22,25-30,43-44H,8-9,14-18H2,1-7H3,(H,37,45)(H,38,48)(H,39,49)(H,40,46)(H,41,47)/t22-,25+,26-,27+,28+,29+,30+/m1/s1. The minimum atomic E-state index is -1.50. The second-order valence-electron chi connectivity index (χ2n) is 14.9. The van der Waals surface area contributed by atoms with Gasteiger partial charge >= 0.3 is 0 Å². The lowest BCUT2D eigenvalue weighted by molar-refractivity contribution is -0.143. The number of aromatic hydroxyl groups is 1. The SMILES string of the molecule is CC(C)C[C@@H]1NC(=O)[C@@H](CC(C)C)NC(=O)[C@H]([C@@H](C)O)NC(=O)[C@H](Cc2ccc(O)cc2)NC(=O)[C@@H]2CCCN2C(=O)[C@H](CC(C)C)NC1=O. The summed E-state index contributed by atoms with van der Waals surface area (Å²) in [6, 6.07) is -0.736. The van der Waals surface area contributed by atoms with Crippen LogP contribution in [0.2, 0.25) is 0 Å². The Bertz CT molecular complexity index is 1360. The lowest BCUT2D eigenvalue weighted by Crippen LogP contribution is -2.63. The van der Waals surface area contributed by atoms with Gasteiger partial charge in [0.15, 0.2) is 0 Å². The zero-order chi connectivity index (χ0) is 37.3. The Balaban J connectivity index is 2.10. The van der Waals surface area contributed by atoms with E-state index in [-0.39, 0.29) is 55.7 Å². The number of nitrogens with one attached hydrogen (secondary N) is 5. The highest BCUT2D eigenvalue weighted by atomic mass is 16.3. The Labute approximate surface area is 294 Å². The van der Waals surface area contributed by atoms with Crippen LogP contribution in [0.5, 0.6) is 5.75 Å². The molecule has 1 aromatic rings. The molecule has 2 saturated heterocycles. The highest BCUT2D eigenvalue weighted by Gasteiger charge is 2.41. The molecule has 0 unspecified atom stereocenters. The molecule has 3 rings (SSSR count). The van der Waals surface area contributed by atoms with Crippen molar-refractivity contribution in [2.75, 3.05) is 6.54 Å². The average Bonchev–Trinajstić information content (AvgIpc) is 3.52. The first-order valence-corrected chi connectivity index (χ1v) is 17.7. The van der Waals surface area contributed by atoms with E-state index in [2.05, 4.69) is 26.6 Å². The summed E-state index contributed by atoms with van der Waals surface area (Å²) in [4.78, 5) is 84.5. The van der Waals surface area contributed by atoms with E-state index in [0.29, 0.717) is 18.4 Å². The van der Waals surface area contributed by atoms with Crippen LogP contribution in [0, 0.1) is 17.8 Å². The molecule has 0 bridgehead atoms. The van der Waals surface area contributed by atoms with Crippen molar-refractivity contribution >= 4 is 35.4 Å². The maximum absolute atomic E-state index is 14.1. The van der Waals surface area contributed by atoms with Gasteiger partial charge in [0.2, 0.25) is 35.4 Å². The molecule has 50 heavy (non-hydrogen) atoms. The number of hydrogen-bond acceptors (Lipinski definition) is 8. The molecule has 0 aliphatic carbocycles. The highest BCUT2D eigenvalue weighted by Crippen LogP contribution is 2.22. The third kappa shape index (κ3) is 11.4. The van der Waals surface area contributed by atoms with Gasteiger partial charge in [0, 0.05) is 13.0 Å². The Morgan fingerprint density at radius 2 is 1.10 bits per heavy atom. The Morgan fingerprint density at radius 3 is 1.62 bits per heavy atom. The molecule has 2 aliphatic heterocycles. The second kappa shape index (κ2) is 18.2. The number of phenols is 1. The van der Waals surface area contributed by atoms with E-state index < -0.39 is 77.8 Å². The summed E-state index contributed by atoms with van der Waals surface area (Å²) >= 11 is 0. The number of amides is 6. The Morgan fingerprint density at radius 1 is 0.640 bits per heavy atom. The van der Waals surface area contributed by atoms with Crippen molar-refractivity contribution in [3.8, 4) is 5.75 Å². The number of aliphatic hydroxyl groups excluding tert-OH is 1. The largest absolute Gasteiger partial charge is 0.508 e. The van der Waals surface area contributed by atoms with Gasteiger partial charge in [-0.3, -0.25) is 28.8 Å². The number of carbonyl (C=O) groups is 6. The normalized spacial score (nSPS) is 26.8. The lowest BCUT2D eigenvalue weighted by atomic mass is 9.98. The van der Waals surface area contributed by atoms with Crippen LogP contribution in [0.3, 0.4) is 0 Å². The molecule has 0 aromatic heterocycles. The van der Waals surface area contributed by atoms with Crippen LogP contribution in [0.1, 0.15) is 86.1 Å². The molecule has 14 nitrogen and oxygen atoms in total. The van der Waals surface area contributed by atoms with Crippen LogP contribution in [0.4, 0.5) is 0 Å². The number of hydrogen-bond donors (Lipinski definition) is 7.